The van der Waals surface area contributed by atoms with Crippen LogP contribution in [-0.4, -0.2) is 5.78 Å². The Labute approximate surface area is 120 Å². The van der Waals surface area contributed by atoms with E-state index < -0.39 is 0 Å². The molecule has 0 N–H and O–H groups in total. The molecule has 0 radical (unpaired) electrons. The molecule has 0 saturated heterocycles. The second-order valence-corrected chi connectivity index (χ2v) is 6.52. The Kier molecular flexibility index (Phi) is 7.71. The molecule has 0 aromatic heterocycles. The summed E-state index contributed by atoms with van der Waals surface area (Å²) in [6.07, 6.45) is 10.8. The standard InChI is InChI=1S/C18H34O/c1-5-9-14-13-18(19)17(12-8-4)16(11-7-3)15(14)10-6-2/h14-17H,5-13H2,1-4H3. The molecule has 4 unspecified atom stereocenters. The van der Waals surface area contributed by atoms with Crippen LogP contribution in [0.3, 0.4) is 0 Å². The van der Waals surface area contributed by atoms with Gasteiger partial charge in [0, 0.05) is 12.3 Å². The summed E-state index contributed by atoms with van der Waals surface area (Å²) in [5.41, 5.74) is 0. The molecule has 0 bridgehead atoms. The largest absolute Gasteiger partial charge is 0.299 e. The number of carbonyl (C=O) groups excluding carboxylic acids is 1. The molecule has 112 valence electrons. The molecule has 19 heavy (non-hydrogen) atoms. The minimum absolute atomic E-state index is 0.384. The van der Waals surface area contributed by atoms with Gasteiger partial charge in [-0.15, -0.1) is 0 Å². The van der Waals surface area contributed by atoms with Crippen molar-refractivity contribution in [3.05, 3.63) is 0 Å². The first-order valence-corrected chi connectivity index (χ1v) is 8.72. The topological polar surface area (TPSA) is 17.1 Å². The quantitative estimate of drug-likeness (QED) is 0.557. The summed E-state index contributed by atoms with van der Waals surface area (Å²) in [5, 5.41) is 0. The molecule has 0 aliphatic heterocycles. The van der Waals surface area contributed by atoms with Crippen molar-refractivity contribution < 1.29 is 4.79 Å². The van der Waals surface area contributed by atoms with Gasteiger partial charge in [0.05, 0.1) is 0 Å². The zero-order valence-electron chi connectivity index (χ0n) is 13.6. The third-order valence-electron chi connectivity index (χ3n) is 5.05. The molecular weight excluding hydrogens is 232 g/mol. The van der Waals surface area contributed by atoms with Gasteiger partial charge in [-0.05, 0) is 30.6 Å². The van der Waals surface area contributed by atoms with E-state index in [9.17, 15) is 4.79 Å². The maximum atomic E-state index is 12.5. The molecule has 0 spiro atoms. The van der Waals surface area contributed by atoms with Crippen molar-refractivity contribution in [2.45, 2.75) is 85.5 Å². The van der Waals surface area contributed by atoms with E-state index >= 15 is 0 Å². The third kappa shape index (κ3) is 4.33. The average Bonchev–Trinajstić information content (AvgIpc) is 2.38. The fraction of sp³-hybridized carbons (Fsp3) is 0.944. The highest BCUT2D eigenvalue weighted by molar-refractivity contribution is 5.82. The average molecular weight is 266 g/mol. The van der Waals surface area contributed by atoms with Crippen LogP contribution < -0.4 is 0 Å². The maximum absolute atomic E-state index is 12.5. The van der Waals surface area contributed by atoms with Gasteiger partial charge in [-0.1, -0.05) is 66.2 Å². The normalized spacial score (nSPS) is 31.7. The number of rotatable bonds is 8. The van der Waals surface area contributed by atoms with Crippen LogP contribution in [0, 0.1) is 23.7 Å². The molecule has 1 heteroatoms. The van der Waals surface area contributed by atoms with Crippen molar-refractivity contribution >= 4 is 5.78 Å². The molecule has 0 aromatic carbocycles. The lowest BCUT2D eigenvalue weighted by molar-refractivity contribution is -0.132. The van der Waals surface area contributed by atoms with Gasteiger partial charge in [0.1, 0.15) is 5.78 Å². The van der Waals surface area contributed by atoms with Crippen LogP contribution in [0.15, 0.2) is 0 Å². The molecule has 4 atom stereocenters. The fourth-order valence-corrected chi connectivity index (χ4v) is 4.35. The van der Waals surface area contributed by atoms with E-state index in [2.05, 4.69) is 27.7 Å². The van der Waals surface area contributed by atoms with Crippen LogP contribution in [0.2, 0.25) is 0 Å². The van der Waals surface area contributed by atoms with Crippen LogP contribution in [-0.2, 0) is 4.79 Å². The van der Waals surface area contributed by atoms with E-state index in [0.29, 0.717) is 23.5 Å². The summed E-state index contributed by atoms with van der Waals surface area (Å²) in [6.45, 7) is 9.07. The summed E-state index contributed by atoms with van der Waals surface area (Å²) < 4.78 is 0. The fourth-order valence-electron chi connectivity index (χ4n) is 4.35. The van der Waals surface area contributed by atoms with Crippen molar-refractivity contribution in [2.75, 3.05) is 0 Å². The minimum atomic E-state index is 0.384. The van der Waals surface area contributed by atoms with Crippen molar-refractivity contribution in [1.29, 1.82) is 0 Å². The van der Waals surface area contributed by atoms with Crippen LogP contribution in [0.25, 0.3) is 0 Å². The monoisotopic (exact) mass is 266 g/mol. The predicted octanol–water partition coefficient (Wildman–Crippen LogP) is 5.62. The molecule has 1 aliphatic carbocycles. The predicted molar refractivity (Wildman–Crippen MR) is 83.2 cm³/mol. The van der Waals surface area contributed by atoms with Gasteiger partial charge in [-0.2, -0.15) is 0 Å². The Balaban J connectivity index is 2.89. The van der Waals surface area contributed by atoms with Crippen molar-refractivity contribution in [1.82, 2.24) is 0 Å². The van der Waals surface area contributed by atoms with Crippen LogP contribution in [0.5, 0.6) is 0 Å². The highest BCUT2D eigenvalue weighted by Gasteiger charge is 2.41. The molecule has 0 aromatic rings. The highest BCUT2D eigenvalue weighted by atomic mass is 16.1. The Morgan fingerprint density at radius 3 is 1.84 bits per heavy atom. The van der Waals surface area contributed by atoms with Gasteiger partial charge >= 0.3 is 0 Å². The Bertz CT molecular complexity index is 258. The summed E-state index contributed by atoms with van der Waals surface area (Å²) in [6, 6.07) is 0. The Morgan fingerprint density at radius 1 is 0.789 bits per heavy atom. The first kappa shape index (κ1) is 16.7. The van der Waals surface area contributed by atoms with E-state index in [1.807, 2.05) is 0 Å². The van der Waals surface area contributed by atoms with E-state index in [0.717, 1.165) is 25.2 Å². The lowest BCUT2D eigenvalue weighted by Gasteiger charge is -2.43. The summed E-state index contributed by atoms with van der Waals surface area (Å²) in [5.74, 6) is 3.16. The van der Waals surface area contributed by atoms with Crippen molar-refractivity contribution in [2.24, 2.45) is 23.7 Å². The van der Waals surface area contributed by atoms with Crippen LogP contribution in [0.1, 0.15) is 85.5 Å². The van der Waals surface area contributed by atoms with Gasteiger partial charge in [-0.3, -0.25) is 4.79 Å². The lowest BCUT2D eigenvalue weighted by Crippen LogP contribution is -2.40. The van der Waals surface area contributed by atoms with Crippen molar-refractivity contribution in [3.8, 4) is 0 Å². The van der Waals surface area contributed by atoms with Gasteiger partial charge in [0.25, 0.3) is 0 Å². The van der Waals surface area contributed by atoms with Gasteiger partial charge in [-0.25, -0.2) is 0 Å². The molecule has 1 rings (SSSR count). The van der Waals surface area contributed by atoms with Crippen molar-refractivity contribution in [3.63, 3.8) is 0 Å². The van der Waals surface area contributed by atoms with E-state index in [-0.39, 0.29) is 0 Å². The van der Waals surface area contributed by atoms with E-state index in [4.69, 9.17) is 0 Å². The lowest BCUT2D eigenvalue weighted by atomic mass is 9.61. The molecule has 1 saturated carbocycles. The smallest absolute Gasteiger partial charge is 0.136 e. The SMILES string of the molecule is CCCC1CC(=O)C(CCC)C(CCC)C1CCC. The van der Waals surface area contributed by atoms with E-state index in [1.165, 1.54) is 38.5 Å². The summed E-state index contributed by atoms with van der Waals surface area (Å²) in [4.78, 5) is 12.5. The third-order valence-corrected chi connectivity index (χ3v) is 5.05. The molecular formula is C18H34O. The molecule has 0 heterocycles. The number of ketones is 1. The molecule has 0 amide bonds. The number of carbonyl (C=O) groups is 1. The number of hydrogen-bond donors (Lipinski definition) is 0. The maximum Gasteiger partial charge on any atom is 0.136 e. The van der Waals surface area contributed by atoms with Crippen LogP contribution >= 0.6 is 0 Å². The van der Waals surface area contributed by atoms with E-state index in [1.54, 1.807) is 0 Å². The van der Waals surface area contributed by atoms with Gasteiger partial charge in [0.15, 0.2) is 0 Å². The first-order chi connectivity index (χ1) is 9.19. The van der Waals surface area contributed by atoms with Gasteiger partial charge < -0.3 is 0 Å². The second kappa shape index (κ2) is 8.76. The number of hydrogen-bond acceptors (Lipinski definition) is 1. The first-order valence-electron chi connectivity index (χ1n) is 8.72. The second-order valence-electron chi connectivity index (χ2n) is 6.52. The molecule has 1 fully saturated rings. The molecule has 1 nitrogen and oxygen atoms in total. The summed E-state index contributed by atoms with van der Waals surface area (Å²) in [7, 11) is 0. The molecule has 1 aliphatic rings. The van der Waals surface area contributed by atoms with Crippen LogP contribution in [0.4, 0.5) is 0 Å². The zero-order valence-corrected chi connectivity index (χ0v) is 13.6. The Morgan fingerprint density at radius 2 is 1.32 bits per heavy atom. The number of Topliss-reactive ketones (excluding diaryl/α,β-unsaturated/α-hetero) is 1. The van der Waals surface area contributed by atoms with Gasteiger partial charge in [0.2, 0.25) is 0 Å². The Hall–Kier alpha value is -0.330. The summed E-state index contributed by atoms with van der Waals surface area (Å²) >= 11 is 0. The zero-order chi connectivity index (χ0) is 14.3. The highest BCUT2D eigenvalue weighted by Crippen LogP contribution is 2.45. The minimum Gasteiger partial charge on any atom is -0.299 e.